The lowest BCUT2D eigenvalue weighted by Crippen LogP contribution is -2.25. The zero-order valence-corrected chi connectivity index (χ0v) is 25.0. The highest BCUT2D eigenvalue weighted by Crippen LogP contribution is 2.46. The molecule has 0 atom stereocenters. The number of unbranched alkanes of at least 4 members (excludes halogenated alkanes) is 7. The number of hydrogen-bond acceptors (Lipinski definition) is 3. The molecule has 2 aromatic rings. The zero-order chi connectivity index (χ0) is 27.3. The van der Waals surface area contributed by atoms with E-state index in [1.54, 1.807) is 0 Å². The molecule has 1 aromatic carbocycles. The zero-order valence-electron chi connectivity index (χ0n) is 25.0. The van der Waals surface area contributed by atoms with Crippen LogP contribution in [-0.4, -0.2) is 9.97 Å². The molecule has 2 aliphatic carbocycles. The van der Waals surface area contributed by atoms with E-state index in [2.05, 4.69) is 56.6 Å². The molecule has 2 aliphatic rings. The van der Waals surface area contributed by atoms with Gasteiger partial charge in [-0.3, -0.25) is 0 Å². The van der Waals surface area contributed by atoms with Gasteiger partial charge in [0.1, 0.15) is 0 Å². The highest BCUT2D eigenvalue weighted by molar-refractivity contribution is 5.55. The van der Waals surface area contributed by atoms with Crippen LogP contribution in [0.4, 0.5) is 0 Å². The van der Waals surface area contributed by atoms with Gasteiger partial charge in [-0.2, -0.15) is 5.26 Å². The fourth-order valence-corrected chi connectivity index (χ4v) is 7.23. The molecule has 4 rings (SSSR count). The van der Waals surface area contributed by atoms with Gasteiger partial charge in [-0.15, -0.1) is 0 Å². The van der Waals surface area contributed by atoms with Crippen LogP contribution < -0.4 is 0 Å². The minimum absolute atomic E-state index is 0.0761. The van der Waals surface area contributed by atoms with Crippen LogP contribution in [0.5, 0.6) is 0 Å². The van der Waals surface area contributed by atoms with Gasteiger partial charge in [0.2, 0.25) is 0 Å². The Hall–Kier alpha value is -2.21. The van der Waals surface area contributed by atoms with Crippen molar-refractivity contribution in [3.05, 3.63) is 47.8 Å². The summed E-state index contributed by atoms with van der Waals surface area (Å²) in [6.45, 7) is 4.54. The first kappa shape index (κ1) is 29.8. The lowest BCUT2D eigenvalue weighted by atomic mass is 9.67. The van der Waals surface area contributed by atoms with E-state index in [4.69, 9.17) is 9.97 Å². The van der Waals surface area contributed by atoms with E-state index < -0.39 is 0 Å². The van der Waals surface area contributed by atoms with Crippen molar-refractivity contribution in [3.63, 3.8) is 0 Å². The summed E-state index contributed by atoms with van der Waals surface area (Å²) in [6.07, 6.45) is 28.4. The topological polar surface area (TPSA) is 49.6 Å². The predicted molar refractivity (Wildman–Crippen MR) is 164 cm³/mol. The van der Waals surface area contributed by atoms with Gasteiger partial charge in [-0.1, -0.05) is 102 Å². The van der Waals surface area contributed by atoms with Gasteiger partial charge in [0.05, 0.1) is 11.5 Å². The standard InChI is InChI=1S/C36H53N3/c1-3-5-7-9-10-12-29-13-15-31(16-14-29)34-26-38-35(39-27-34)33-19-17-30(18-20-33)32-21-24-36(28-37,25-22-32)23-11-8-6-4-2/h17-20,26-27,29,31-32H,3-16,21-25H2,1-2H3/t29-,31-,32-,36-. The Morgan fingerprint density at radius 3 is 1.92 bits per heavy atom. The van der Waals surface area contributed by atoms with Crippen LogP contribution in [-0.2, 0) is 0 Å². The Kier molecular flexibility index (Phi) is 11.9. The first-order chi connectivity index (χ1) is 19.2. The third kappa shape index (κ3) is 8.64. The van der Waals surface area contributed by atoms with Crippen molar-refractivity contribution < 1.29 is 0 Å². The van der Waals surface area contributed by atoms with Crippen molar-refractivity contribution in [1.82, 2.24) is 9.97 Å². The van der Waals surface area contributed by atoms with Crippen molar-refractivity contribution in [2.45, 2.75) is 148 Å². The maximum Gasteiger partial charge on any atom is 0.159 e. The number of benzene rings is 1. The van der Waals surface area contributed by atoms with E-state index >= 15 is 0 Å². The van der Waals surface area contributed by atoms with Crippen molar-refractivity contribution in [2.24, 2.45) is 11.3 Å². The highest BCUT2D eigenvalue weighted by Gasteiger charge is 2.35. The second-order valence-electron chi connectivity index (χ2n) is 12.9. The average Bonchev–Trinajstić information content (AvgIpc) is 3.00. The summed E-state index contributed by atoms with van der Waals surface area (Å²) < 4.78 is 0. The molecule has 0 radical (unpaired) electrons. The molecule has 0 amide bonds. The Morgan fingerprint density at radius 1 is 0.718 bits per heavy atom. The Bertz CT molecular complexity index is 987. The molecule has 39 heavy (non-hydrogen) atoms. The monoisotopic (exact) mass is 527 g/mol. The van der Waals surface area contributed by atoms with Gasteiger partial charge in [-0.05, 0) is 86.7 Å². The predicted octanol–water partition coefficient (Wildman–Crippen LogP) is 10.9. The van der Waals surface area contributed by atoms with Crippen LogP contribution in [0.25, 0.3) is 11.4 Å². The highest BCUT2D eigenvalue weighted by atomic mass is 14.9. The van der Waals surface area contributed by atoms with E-state index in [1.807, 2.05) is 0 Å². The summed E-state index contributed by atoms with van der Waals surface area (Å²) >= 11 is 0. The molecule has 2 fully saturated rings. The molecule has 0 aliphatic heterocycles. The number of hydrogen-bond donors (Lipinski definition) is 0. The number of nitriles is 1. The minimum Gasteiger partial charge on any atom is -0.236 e. The van der Waals surface area contributed by atoms with Crippen LogP contribution in [0, 0.1) is 22.7 Å². The summed E-state index contributed by atoms with van der Waals surface area (Å²) in [7, 11) is 0. The molecule has 3 heteroatoms. The van der Waals surface area contributed by atoms with E-state index in [1.165, 1.54) is 101 Å². The lowest BCUT2D eigenvalue weighted by Gasteiger charge is -2.35. The van der Waals surface area contributed by atoms with Gasteiger partial charge in [0.25, 0.3) is 0 Å². The fraction of sp³-hybridized carbons (Fsp3) is 0.694. The molecule has 1 heterocycles. The molecule has 0 unspecified atom stereocenters. The van der Waals surface area contributed by atoms with Crippen LogP contribution in [0.3, 0.4) is 0 Å². The third-order valence-electron chi connectivity index (χ3n) is 10.0. The van der Waals surface area contributed by atoms with Crippen LogP contribution in [0.1, 0.15) is 159 Å². The quantitative estimate of drug-likeness (QED) is 0.229. The SMILES string of the molecule is CCCCCCC[C@H]1CC[C@H](c2cnc(-c3ccc([C@H]4CC[C@@](C#N)(CCCCCC)CC4)cc3)nc2)CC1. The molecular weight excluding hydrogens is 474 g/mol. The average molecular weight is 528 g/mol. The van der Waals surface area contributed by atoms with Crippen LogP contribution >= 0.6 is 0 Å². The van der Waals surface area contributed by atoms with E-state index in [9.17, 15) is 5.26 Å². The van der Waals surface area contributed by atoms with E-state index in [-0.39, 0.29) is 5.41 Å². The van der Waals surface area contributed by atoms with Gasteiger partial charge < -0.3 is 0 Å². The molecule has 0 bridgehead atoms. The largest absolute Gasteiger partial charge is 0.236 e. The fourth-order valence-electron chi connectivity index (χ4n) is 7.23. The molecule has 2 saturated carbocycles. The number of aromatic nitrogens is 2. The minimum atomic E-state index is -0.0761. The van der Waals surface area contributed by atoms with E-state index in [0.29, 0.717) is 11.8 Å². The summed E-state index contributed by atoms with van der Waals surface area (Å²) in [6, 6.07) is 11.7. The maximum atomic E-state index is 9.92. The number of rotatable bonds is 14. The normalized spacial score (nSPS) is 25.3. The smallest absolute Gasteiger partial charge is 0.159 e. The molecule has 1 aromatic heterocycles. The second kappa shape index (κ2) is 15.5. The molecule has 212 valence electrons. The van der Waals surface area contributed by atoms with Crippen molar-refractivity contribution in [1.29, 1.82) is 5.26 Å². The molecule has 0 N–H and O–H groups in total. The lowest BCUT2D eigenvalue weighted by molar-refractivity contribution is 0.223. The Balaban J connectivity index is 1.23. The summed E-state index contributed by atoms with van der Waals surface area (Å²) in [5, 5.41) is 9.92. The van der Waals surface area contributed by atoms with Gasteiger partial charge in [0, 0.05) is 18.0 Å². The maximum absolute atomic E-state index is 9.92. The first-order valence-corrected chi connectivity index (χ1v) is 16.5. The van der Waals surface area contributed by atoms with Crippen LogP contribution in [0.2, 0.25) is 0 Å². The number of nitrogens with zero attached hydrogens (tertiary/aromatic N) is 3. The first-order valence-electron chi connectivity index (χ1n) is 16.5. The second-order valence-corrected chi connectivity index (χ2v) is 12.9. The molecular formula is C36H53N3. The summed E-state index contributed by atoms with van der Waals surface area (Å²) in [5.74, 6) is 2.99. The van der Waals surface area contributed by atoms with Crippen molar-refractivity contribution >= 4 is 0 Å². The molecule has 0 spiro atoms. The summed E-state index contributed by atoms with van der Waals surface area (Å²) in [4.78, 5) is 9.58. The third-order valence-corrected chi connectivity index (χ3v) is 10.0. The van der Waals surface area contributed by atoms with Crippen molar-refractivity contribution in [3.8, 4) is 17.5 Å². The molecule has 0 saturated heterocycles. The van der Waals surface area contributed by atoms with E-state index in [0.717, 1.165) is 49.4 Å². The Labute approximate surface area is 239 Å². The van der Waals surface area contributed by atoms with Gasteiger partial charge >= 0.3 is 0 Å². The van der Waals surface area contributed by atoms with Crippen molar-refractivity contribution in [2.75, 3.05) is 0 Å². The molecule has 3 nitrogen and oxygen atoms in total. The Morgan fingerprint density at radius 2 is 1.31 bits per heavy atom. The van der Waals surface area contributed by atoms with Gasteiger partial charge in [-0.25, -0.2) is 9.97 Å². The summed E-state index contributed by atoms with van der Waals surface area (Å²) in [5.41, 5.74) is 3.77. The van der Waals surface area contributed by atoms with Gasteiger partial charge in [0.15, 0.2) is 5.82 Å². The van der Waals surface area contributed by atoms with Crippen LogP contribution in [0.15, 0.2) is 36.7 Å².